The molecule has 1 aromatic heterocycles. The van der Waals surface area contributed by atoms with Gasteiger partial charge in [-0.1, -0.05) is 6.92 Å². The van der Waals surface area contributed by atoms with Gasteiger partial charge in [0.2, 0.25) is 0 Å². The fourth-order valence-electron chi connectivity index (χ4n) is 2.86. The smallest absolute Gasteiger partial charge is 0.338 e. The van der Waals surface area contributed by atoms with E-state index in [9.17, 15) is 14.7 Å². The van der Waals surface area contributed by atoms with E-state index in [1.54, 1.807) is 12.1 Å². The van der Waals surface area contributed by atoms with Crippen LogP contribution >= 0.6 is 0 Å². The molecular weight excluding hydrogens is 364 g/mol. The molecule has 0 radical (unpaired) electrons. The number of methoxy groups -OCH3 is 2. The minimum atomic E-state index is -0.592. The van der Waals surface area contributed by atoms with Crippen molar-refractivity contribution in [2.24, 2.45) is 0 Å². The summed E-state index contributed by atoms with van der Waals surface area (Å²) in [6.07, 6.45) is 0.601. The number of hydrogen-bond acceptors (Lipinski definition) is 7. The molecule has 0 aliphatic rings. The van der Waals surface area contributed by atoms with E-state index in [1.165, 1.54) is 38.5 Å². The van der Waals surface area contributed by atoms with E-state index in [2.05, 4.69) is 0 Å². The zero-order valence-electron chi connectivity index (χ0n) is 15.8. The molecule has 1 N–H and O–H groups in total. The Balaban J connectivity index is 1.91. The number of benzene rings is 2. The number of aryl methyl sites for hydroxylation is 1. The predicted octanol–water partition coefficient (Wildman–Crippen LogP) is 3.44. The molecule has 0 fully saturated rings. The Bertz CT molecular complexity index is 1060. The van der Waals surface area contributed by atoms with Crippen LogP contribution in [0.2, 0.25) is 0 Å². The molecular formula is C21H20O7. The molecule has 3 rings (SSSR count). The van der Waals surface area contributed by atoms with E-state index in [4.69, 9.17) is 18.6 Å². The van der Waals surface area contributed by atoms with Gasteiger partial charge in [-0.05, 0) is 30.2 Å². The van der Waals surface area contributed by atoms with Gasteiger partial charge < -0.3 is 23.7 Å². The average Bonchev–Trinajstić information content (AvgIpc) is 2.70. The Morgan fingerprint density at radius 1 is 1.00 bits per heavy atom. The maximum absolute atomic E-state index is 12.5. The Kier molecular flexibility index (Phi) is 5.54. The molecule has 0 amide bonds. The van der Waals surface area contributed by atoms with Gasteiger partial charge in [0.1, 0.15) is 29.4 Å². The Hall–Kier alpha value is -3.48. The molecule has 2 aromatic carbocycles. The van der Waals surface area contributed by atoms with E-state index in [0.29, 0.717) is 34.4 Å². The molecule has 0 aliphatic carbocycles. The second-order valence-electron chi connectivity index (χ2n) is 6.10. The number of carbonyl (C=O) groups excluding carboxylic acids is 1. The van der Waals surface area contributed by atoms with Gasteiger partial charge in [0.05, 0.1) is 19.8 Å². The van der Waals surface area contributed by atoms with Crippen molar-refractivity contribution in [2.45, 2.75) is 20.0 Å². The number of ether oxygens (including phenoxy) is 3. The van der Waals surface area contributed by atoms with Crippen molar-refractivity contribution in [3.8, 4) is 17.2 Å². The molecule has 7 heteroatoms. The van der Waals surface area contributed by atoms with E-state index in [0.717, 1.165) is 0 Å². The van der Waals surface area contributed by atoms with Gasteiger partial charge in [-0.15, -0.1) is 0 Å². The van der Waals surface area contributed by atoms with Crippen LogP contribution in [0.4, 0.5) is 0 Å². The maximum Gasteiger partial charge on any atom is 0.338 e. The first-order valence-electron chi connectivity index (χ1n) is 8.64. The normalized spacial score (nSPS) is 10.7. The minimum Gasteiger partial charge on any atom is -0.508 e. The van der Waals surface area contributed by atoms with Crippen LogP contribution in [0.15, 0.2) is 45.6 Å². The lowest BCUT2D eigenvalue weighted by atomic mass is 10.0. The first-order valence-corrected chi connectivity index (χ1v) is 8.64. The van der Waals surface area contributed by atoms with Gasteiger partial charge in [0, 0.05) is 29.1 Å². The van der Waals surface area contributed by atoms with Gasteiger partial charge in [0.15, 0.2) is 0 Å². The third-order valence-corrected chi connectivity index (χ3v) is 4.36. The molecule has 7 nitrogen and oxygen atoms in total. The SMILES string of the molecule is CCc1cc2c(COC(=O)c3cc(OC)cc(OC)c3)cc(=O)oc2cc1O. The maximum atomic E-state index is 12.5. The third kappa shape index (κ3) is 3.93. The van der Waals surface area contributed by atoms with Gasteiger partial charge in [-0.25, -0.2) is 9.59 Å². The topological polar surface area (TPSA) is 95.2 Å². The van der Waals surface area contributed by atoms with Gasteiger partial charge in [0.25, 0.3) is 0 Å². The highest BCUT2D eigenvalue weighted by Gasteiger charge is 2.15. The van der Waals surface area contributed by atoms with Crippen molar-refractivity contribution in [1.29, 1.82) is 0 Å². The third-order valence-electron chi connectivity index (χ3n) is 4.36. The van der Waals surface area contributed by atoms with Crippen LogP contribution < -0.4 is 15.1 Å². The van der Waals surface area contributed by atoms with Crippen molar-refractivity contribution in [3.05, 3.63) is 63.5 Å². The molecule has 0 unspecified atom stereocenters. The van der Waals surface area contributed by atoms with Crippen molar-refractivity contribution in [2.75, 3.05) is 14.2 Å². The number of hydrogen-bond donors (Lipinski definition) is 1. The van der Waals surface area contributed by atoms with Crippen LogP contribution in [-0.4, -0.2) is 25.3 Å². The van der Waals surface area contributed by atoms with Crippen LogP contribution in [0.25, 0.3) is 11.0 Å². The fraction of sp³-hybridized carbons (Fsp3) is 0.238. The molecule has 3 aromatic rings. The summed E-state index contributed by atoms with van der Waals surface area (Å²) in [5.41, 5.74) is 1.09. The first kappa shape index (κ1) is 19.3. The van der Waals surface area contributed by atoms with Crippen LogP contribution in [0.5, 0.6) is 17.2 Å². The summed E-state index contributed by atoms with van der Waals surface area (Å²) in [6, 6.07) is 9.12. The van der Waals surface area contributed by atoms with E-state index in [-0.39, 0.29) is 23.5 Å². The Morgan fingerprint density at radius 2 is 1.68 bits per heavy atom. The van der Waals surface area contributed by atoms with Crippen molar-refractivity contribution in [1.82, 2.24) is 0 Å². The molecule has 0 saturated heterocycles. The zero-order valence-corrected chi connectivity index (χ0v) is 15.8. The number of esters is 1. The highest BCUT2D eigenvalue weighted by Crippen LogP contribution is 2.28. The number of phenolic OH excluding ortho intramolecular Hbond substituents is 1. The quantitative estimate of drug-likeness (QED) is 0.514. The number of rotatable bonds is 6. The van der Waals surface area contributed by atoms with E-state index in [1.807, 2.05) is 6.92 Å². The summed E-state index contributed by atoms with van der Waals surface area (Å²) in [7, 11) is 2.97. The summed E-state index contributed by atoms with van der Waals surface area (Å²) in [6.45, 7) is 1.77. The number of carbonyl (C=O) groups is 1. The zero-order chi connectivity index (χ0) is 20.3. The van der Waals surface area contributed by atoms with Crippen molar-refractivity contribution in [3.63, 3.8) is 0 Å². The highest BCUT2D eigenvalue weighted by atomic mass is 16.5. The monoisotopic (exact) mass is 384 g/mol. The molecule has 0 atom stereocenters. The molecule has 1 heterocycles. The number of fused-ring (bicyclic) bond motifs is 1. The molecule has 0 spiro atoms. The minimum absolute atomic E-state index is 0.0516. The van der Waals surface area contributed by atoms with Gasteiger partial charge in [-0.2, -0.15) is 0 Å². The van der Waals surface area contributed by atoms with Crippen LogP contribution in [0.3, 0.4) is 0 Å². The molecule has 0 saturated carbocycles. The van der Waals surface area contributed by atoms with Crippen LogP contribution in [-0.2, 0) is 17.8 Å². The summed E-state index contributed by atoms with van der Waals surface area (Å²) in [5, 5.41) is 10.6. The second kappa shape index (κ2) is 8.04. The Morgan fingerprint density at radius 3 is 2.29 bits per heavy atom. The summed E-state index contributed by atoms with van der Waals surface area (Å²) < 4.78 is 20.8. The van der Waals surface area contributed by atoms with Crippen LogP contribution in [0.1, 0.15) is 28.4 Å². The summed E-state index contributed by atoms with van der Waals surface area (Å²) in [5.74, 6) is 0.379. The van der Waals surface area contributed by atoms with Crippen LogP contribution in [0, 0.1) is 0 Å². The standard InChI is InChI=1S/C21H20O7/c1-4-12-7-17-14(8-20(23)28-19(17)10-18(12)22)11-27-21(24)13-5-15(25-2)9-16(6-13)26-3/h5-10,22H,4,11H2,1-3H3. The summed E-state index contributed by atoms with van der Waals surface area (Å²) in [4.78, 5) is 24.3. The first-order chi connectivity index (χ1) is 13.4. The lowest BCUT2D eigenvalue weighted by Gasteiger charge is -2.11. The largest absolute Gasteiger partial charge is 0.508 e. The van der Waals surface area contributed by atoms with Gasteiger partial charge >= 0.3 is 11.6 Å². The molecule has 0 bridgehead atoms. The van der Waals surface area contributed by atoms with Crippen molar-refractivity contribution >= 4 is 16.9 Å². The highest BCUT2D eigenvalue weighted by molar-refractivity contribution is 5.91. The number of phenols is 1. The number of aromatic hydroxyl groups is 1. The fourth-order valence-corrected chi connectivity index (χ4v) is 2.86. The average molecular weight is 384 g/mol. The molecule has 28 heavy (non-hydrogen) atoms. The van der Waals surface area contributed by atoms with E-state index >= 15 is 0 Å². The molecule has 0 aliphatic heterocycles. The van der Waals surface area contributed by atoms with Gasteiger partial charge in [-0.3, -0.25) is 0 Å². The predicted molar refractivity (Wildman–Crippen MR) is 102 cm³/mol. The summed E-state index contributed by atoms with van der Waals surface area (Å²) >= 11 is 0. The van der Waals surface area contributed by atoms with Crippen molar-refractivity contribution < 1.29 is 28.5 Å². The molecule has 146 valence electrons. The van der Waals surface area contributed by atoms with E-state index < -0.39 is 11.6 Å². The lowest BCUT2D eigenvalue weighted by Crippen LogP contribution is -2.08. The second-order valence-corrected chi connectivity index (χ2v) is 6.10. The lowest BCUT2D eigenvalue weighted by molar-refractivity contribution is 0.0473. The Labute approximate surface area is 161 Å².